The molecule has 1 N–H and O–H groups in total. The van der Waals surface area contributed by atoms with Crippen LogP contribution in [-0.2, 0) is 11.2 Å². The van der Waals surface area contributed by atoms with E-state index < -0.39 is 0 Å². The summed E-state index contributed by atoms with van der Waals surface area (Å²) in [5.74, 6) is 0.315. The predicted molar refractivity (Wildman–Crippen MR) is 89.9 cm³/mol. The van der Waals surface area contributed by atoms with E-state index in [1.807, 2.05) is 11.0 Å². The number of aryl methyl sites for hydroxylation is 1. The van der Waals surface area contributed by atoms with Crippen LogP contribution in [0.15, 0.2) is 30.5 Å². The third-order valence-electron chi connectivity index (χ3n) is 4.58. The molecule has 0 radical (unpaired) electrons. The molecule has 1 amide bonds. The Balaban J connectivity index is 1.51. The molecule has 0 aliphatic carbocycles. The second-order valence-corrected chi connectivity index (χ2v) is 6.25. The van der Waals surface area contributed by atoms with Crippen LogP contribution in [0.2, 0.25) is 0 Å². The molecule has 1 aromatic carbocycles. The Hall–Kier alpha value is -1.81. The van der Waals surface area contributed by atoms with E-state index in [0.717, 1.165) is 45.4 Å². The summed E-state index contributed by atoms with van der Waals surface area (Å²) < 4.78 is 0. The normalized spacial score (nSPS) is 16.9. The number of H-pyrrole nitrogens is 1. The first-order valence-electron chi connectivity index (χ1n) is 8.25. The molecule has 0 unspecified atom stereocenters. The maximum Gasteiger partial charge on any atom is 0.222 e. The summed E-state index contributed by atoms with van der Waals surface area (Å²) in [5, 5.41) is 1.28. The molecule has 2 aromatic rings. The molecule has 1 fully saturated rings. The van der Waals surface area contributed by atoms with Crippen molar-refractivity contribution in [3.63, 3.8) is 0 Å². The molecule has 4 nitrogen and oxygen atoms in total. The van der Waals surface area contributed by atoms with Gasteiger partial charge in [-0.1, -0.05) is 18.2 Å². The van der Waals surface area contributed by atoms with Gasteiger partial charge in [-0.25, -0.2) is 0 Å². The molecule has 0 spiro atoms. The average Bonchev–Trinajstić information content (AvgIpc) is 2.81. The van der Waals surface area contributed by atoms with Gasteiger partial charge >= 0.3 is 0 Å². The summed E-state index contributed by atoms with van der Waals surface area (Å²) in [4.78, 5) is 20.0. The van der Waals surface area contributed by atoms with Crippen LogP contribution in [0, 0.1) is 0 Å². The largest absolute Gasteiger partial charge is 0.361 e. The lowest BCUT2D eigenvalue weighted by Gasteiger charge is -2.20. The van der Waals surface area contributed by atoms with Crippen LogP contribution in [0.1, 0.15) is 24.8 Å². The lowest BCUT2D eigenvalue weighted by atomic mass is 10.1. The molecule has 0 saturated carbocycles. The maximum atomic E-state index is 12.3. The molecule has 4 heteroatoms. The highest BCUT2D eigenvalue weighted by molar-refractivity contribution is 5.83. The summed E-state index contributed by atoms with van der Waals surface area (Å²) in [5.41, 5.74) is 2.50. The van der Waals surface area contributed by atoms with E-state index in [2.05, 4.69) is 41.3 Å². The second-order valence-electron chi connectivity index (χ2n) is 6.25. The van der Waals surface area contributed by atoms with Crippen LogP contribution in [-0.4, -0.2) is 53.9 Å². The minimum Gasteiger partial charge on any atom is -0.361 e. The van der Waals surface area contributed by atoms with Gasteiger partial charge in [0.25, 0.3) is 0 Å². The summed E-state index contributed by atoms with van der Waals surface area (Å²) in [6.45, 7) is 3.88. The molecule has 0 atom stereocenters. The van der Waals surface area contributed by atoms with E-state index in [4.69, 9.17) is 0 Å². The fraction of sp³-hybridized carbons (Fsp3) is 0.500. The molecule has 118 valence electrons. The van der Waals surface area contributed by atoms with Crippen molar-refractivity contribution < 1.29 is 4.79 Å². The Morgan fingerprint density at radius 1 is 1.18 bits per heavy atom. The number of fused-ring (bicyclic) bond motifs is 1. The monoisotopic (exact) mass is 299 g/mol. The van der Waals surface area contributed by atoms with Crippen LogP contribution in [0.25, 0.3) is 10.9 Å². The van der Waals surface area contributed by atoms with Crippen molar-refractivity contribution in [2.75, 3.05) is 33.2 Å². The number of para-hydroxylation sites is 1. The van der Waals surface area contributed by atoms with Gasteiger partial charge in [-0.05, 0) is 44.5 Å². The zero-order chi connectivity index (χ0) is 15.4. The fourth-order valence-electron chi connectivity index (χ4n) is 3.22. The Bertz CT molecular complexity index is 634. The standard InChI is InChI=1S/C18H25N3O/c1-20-10-5-11-21(13-12-20)18(22)9-4-6-15-14-19-17-8-3-2-7-16(15)17/h2-3,7-8,14,19H,4-6,9-13H2,1H3. The average molecular weight is 299 g/mol. The van der Waals surface area contributed by atoms with E-state index in [9.17, 15) is 4.79 Å². The number of likely N-dealkylation sites (N-methyl/N-ethyl adjacent to an activating group) is 1. The molecule has 1 aromatic heterocycles. The number of carbonyl (C=O) groups excluding carboxylic acids is 1. The van der Waals surface area contributed by atoms with Gasteiger partial charge in [0.05, 0.1) is 0 Å². The number of nitrogens with zero attached hydrogens (tertiary/aromatic N) is 2. The number of amides is 1. The predicted octanol–water partition coefficient (Wildman–Crippen LogP) is 2.65. The van der Waals surface area contributed by atoms with Gasteiger partial charge in [0, 0.05) is 43.2 Å². The van der Waals surface area contributed by atoms with Gasteiger partial charge in [0.15, 0.2) is 0 Å². The van der Waals surface area contributed by atoms with Crippen LogP contribution in [0.5, 0.6) is 0 Å². The number of aromatic amines is 1. The number of carbonyl (C=O) groups is 1. The van der Waals surface area contributed by atoms with Crippen molar-refractivity contribution in [2.45, 2.75) is 25.7 Å². The first kappa shape index (κ1) is 15.1. The highest BCUT2D eigenvalue weighted by atomic mass is 16.2. The van der Waals surface area contributed by atoms with Crippen molar-refractivity contribution in [2.24, 2.45) is 0 Å². The molecular formula is C18H25N3O. The third kappa shape index (κ3) is 3.50. The van der Waals surface area contributed by atoms with E-state index >= 15 is 0 Å². The highest BCUT2D eigenvalue weighted by Crippen LogP contribution is 2.19. The number of aromatic nitrogens is 1. The van der Waals surface area contributed by atoms with E-state index in [-0.39, 0.29) is 0 Å². The molecule has 1 saturated heterocycles. The number of rotatable bonds is 4. The highest BCUT2D eigenvalue weighted by Gasteiger charge is 2.17. The molecule has 1 aliphatic heterocycles. The van der Waals surface area contributed by atoms with Gasteiger partial charge < -0.3 is 14.8 Å². The minimum atomic E-state index is 0.315. The number of hydrogen-bond donors (Lipinski definition) is 1. The molecule has 0 bridgehead atoms. The van der Waals surface area contributed by atoms with Crippen LogP contribution in [0.3, 0.4) is 0 Å². The van der Waals surface area contributed by atoms with Crippen molar-refractivity contribution in [3.8, 4) is 0 Å². The van der Waals surface area contributed by atoms with Crippen LogP contribution in [0.4, 0.5) is 0 Å². The van der Waals surface area contributed by atoms with Gasteiger partial charge in [0.2, 0.25) is 5.91 Å². The van der Waals surface area contributed by atoms with E-state index in [1.54, 1.807) is 0 Å². The lowest BCUT2D eigenvalue weighted by molar-refractivity contribution is -0.131. The third-order valence-corrected chi connectivity index (χ3v) is 4.58. The Labute approximate surface area is 132 Å². The Morgan fingerprint density at radius 2 is 2.05 bits per heavy atom. The molecule has 2 heterocycles. The molecule has 22 heavy (non-hydrogen) atoms. The van der Waals surface area contributed by atoms with Crippen LogP contribution >= 0.6 is 0 Å². The summed E-state index contributed by atoms with van der Waals surface area (Å²) >= 11 is 0. The fourth-order valence-corrected chi connectivity index (χ4v) is 3.22. The van der Waals surface area contributed by atoms with Crippen molar-refractivity contribution in [3.05, 3.63) is 36.0 Å². The number of benzene rings is 1. The zero-order valence-corrected chi connectivity index (χ0v) is 13.3. The van der Waals surface area contributed by atoms with Crippen molar-refractivity contribution in [1.29, 1.82) is 0 Å². The first-order chi connectivity index (χ1) is 10.7. The minimum absolute atomic E-state index is 0.315. The van der Waals surface area contributed by atoms with Gasteiger partial charge in [0.1, 0.15) is 0 Å². The molecular weight excluding hydrogens is 274 g/mol. The SMILES string of the molecule is CN1CCCN(C(=O)CCCc2c[nH]c3ccccc23)CC1. The topological polar surface area (TPSA) is 39.3 Å². The molecule has 1 aliphatic rings. The van der Waals surface area contributed by atoms with E-state index in [1.165, 1.54) is 16.5 Å². The summed E-state index contributed by atoms with van der Waals surface area (Å²) in [6.07, 6.45) is 5.71. The van der Waals surface area contributed by atoms with Gasteiger partial charge in [-0.15, -0.1) is 0 Å². The number of nitrogens with one attached hydrogen (secondary N) is 1. The maximum absolute atomic E-state index is 12.3. The summed E-state index contributed by atoms with van der Waals surface area (Å²) in [7, 11) is 2.13. The van der Waals surface area contributed by atoms with Gasteiger partial charge in [-0.3, -0.25) is 4.79 Å². The second kappa shape index (κ2) is 6.97. The van der Waals surface area contributed by atoms with Crippen LogP contribution < -0.4 is 0 Å². The van der Waals surface area contributed by atoms with E-state index in [0.29, 0.717) is 12.3 Å². The quantitative estimate of drug-likeness (QED) is 0.942. The smallest absolute Gasteiger partial charge is 0.222 e. The lowest BCUT2D eigenvalue weighted by Crippen LogP contribution is -2.34. The van der Waals surface area contributed by atoms with Gasteiger partial charge in [-0.2, -0.15) is 0 Å². The van der Waals surface area contributed by atoms with Crippen molar-refractivity contribution in [1.82, 2.24) is 14.8 Å². The Morgan fingerprint density at radius 3 is 2.95 bits per heavy atom. The Kier molecular flexibility index (Phi) is 4.78. The zero-order valence-electron chi connectivity index (χ0n) is 13.3. The summed E-state index contributed by atoms with van der Waals surface area (Å²) in [6, 6.07) is 8.35. The number of hydrogen-bond acceptors (Lipinski definition) is 2. The van der Waals surface area contributed by atoms with Crippen molar-refractivity contribution >= 4 is 16.8 Å². The molecule has 3 rings (SSSR count). The first-order valence-corrected chi connectivity index (χ1v) is 8.25.